The molecule has 68 valence electrons. The molecule has 0 aromatic rings. The van der Waals surface area contributed by atoms with Crippen LogP contribution in [0.2, 0.25) is 13.6 Å². The third-order valence-corrected chi connectivity index (χ3v) is 2.04. The Morgan fingerprint density at radius 1 is 1.33 bits per heavy atom. The van der Waals surface area contributed by atoms with Gasteiger partial charge in [0.2, 0.25) is 0 Å². The lowest BCUT2D eigenvalue weighted by Gasteiger charge is -2.14. The highest BCUT2D eigenvalue weighted by molar-refractivity contribution is 6.65. The van der Waals surface area contributed by atoms with Crippen molar-refractivity contribution in [1.82, 2.24) is 0 Å². The van der Waals surface area contributed by atoms with Crippen LogP contribution in [0.4, 0.5) is 0 Å². The fourth-order valence-electron chi connectivity index (χ4n) is 1.67. The zero-order valence-electron chi connectivity index (χ0n) is 8.94. The van der Waals surface area contributed by atoms with Crippen molar-refractivity contribution in [2.75, 3.05) is 0 Å². The molecular formula is C10H20BN. The third kappa shape index (κ3) is 2.76. The molecule has 0 amide bonds. The highest BCUT2D eigenvalue weighted by Gasteiger charge is 2.11. The van der Waals surface area contributed by atoms with Crippen LogP contribution in [-0.2, 0) is 0 Å². The zero-order valence-corrected chi connectivity index (χ0v) is 8.94. The maximum Gasteiger partial charge on any atom is 0.169 e. The molecule has 0 saturated carbocycles. The number of allylic oxidation sites excluding steroid dienone is 3. The van der Waals surface area contributed by atoms with Crippen molar-refractivity contribution in [3.05, 3.63) is 22.8 Å². The van der Waals surface area contributed by atoms with Gasteiger partial charge in [-0.2, -0.15) is 0 Å². The monoisotopic (exact) mass is 165 g/mol. The Morgan fingerprint density at radius 3 is 1.92 bits per heavy atom. The highest BCUT2D eigenvalue weighted by atomic mass is 14.5. The molecule has 0 saturated heterocycles. The van der Waals surface area contributed by atoms with Crippen LogP contribution in [0.1, 0.15) is 27.2 Å². The topological polar surface area (TPSA) is 26.0 Å². The average Bonchev–Trinajstić information content (AvgIpc) is 1.98. The molecule has 0 aromatic heterocycles. The van der Waals surface area contributed by atoms with Crippen molar-refractivity contribution < 1.29 is 0 Å². The van der Waals surface area contributed by atoms with E-state index in [2.05, 4.69) is 34.4 Å². The van der Waals surface area contributed by atoms with E-state index in [1.54, 1.807) is 6.20 Å². The molecular weight excluding hydrogens is 145 g/mol. The SMILES string of the molecule is CC/C(=C/N)C(B(C)C)=C(C)C. The Labute approximate surface area is 76.8 Å². The van der Waals surface area contributed by atoms with Crippen LogP contribution in [0.5, 0.6) is 0 Å². The summed E-state index contributed by atoms with van der Waals surface area (Å²) >= 11 is 0. The molecule has 0 bridgehead atoms. The van der Waals surface area contributed by atoms with Crippen molar-refractivity contribution in [2.24, 2.45) is 5.73 Å². The Kier molecular flexibility index (Phi) is 4.80. The van der Waals surface area contributed by atoms with E-state index >= 15 is 0 Å². The molecule has 0 rings (SSSR count). The molecule has 0 spiro atoms. The number of nitrogens with two attached hydrogens (primary N) is 1. The van der Waals surface area contributed by atoms with Crippen LogP contribution < -0.4 is 5.73 Å². The van der Waals surface area contributed by atoms with Gasteiger partial charge in [0, 0.05) is 0 Å². The van der Waals surface area contributed by atoms with Gasteiger partial charge in [-0.3, -0.25) is 0 Å². The normalized spacial score (nSPS) is 11.2. The molecule has 0 aliphatic carbocycles. The van der Waals surface area contributed by atoms with E-state index in [9.17, 15) is 0 Å². The minimum Gasteiger partial charge on any atom is -0.404 e. The van der Waals surface area contributed by atoms with Gasteiger partial charge in [0.05, 0.1) is 0 Å². The van der Waals surface area contributed by atoms with E-state index in [1.807, 2.05) is 0 Å². The molecule has 12 heavy (non-hydrogen) atoms. The van der Waals surface area contributed by atoms with Crippen molar-refractivity contribution in [1.29, 1.82) is 0 Å². The second-order valence-electron chi connectivity index (χ2n) is 3.61. The summed E-state index contributed by atoms with van der Waals surface area (Å²) in [5, 5.41) is 0. The van der Waals surface area contributed by atoms with Crippen LogP contribution in [0.15, 0.2) is 22.8 Å². The van der Waals surface area contributed by atoms with E-state index in [4.69, 9.17) is 5.73 Å². The fourth-order valence-corrected chi connectivity index (χ4v) is 1.67. The van der Waals surface area contributed by atoms with Crippen LogP contribution in [0.25, 0.3) is 0 Å². The van der Waals surface area contributed by atoms with Crippen LogP contribution in [-0.4, -0.2) is 6.71 Å². The smallest absolute Gasteiger partial charge is 0.169 e. The van der Waals surface area contributed by atoms with Gasteiger partial charge < -0.3 is 5.73 Å². The molecule has 2 heteroatoms. The predicted octanol–water partition coefficient (Wildman–Crippen LogP) is 2.87. The summed E-state index contributed by atoms with van der Waals surface area (Å²) in [6.07, 6.45) is 2.76. The Hall–Kier alpha value is -0.655. The van der Waals surface area contributed by atoms with E-state index in [1.165, 1.54) is 16.6 Å². The highest BCUT2D eigenvalue weighted by Crippen LogP contribution is 2.19. The van der Waals surface area contributed by atoms with E-state index in [0.717, 1.165) is 6.42 Å². The van der Waals surface area contributed by atoms with Crippen LogP contribution in [0, 0.1) is 0 Å². The maximum absolute atomic E-state index is 5.56. The summed E-state index contributed by atoms with van der Waals surface area (Å²) in [5.74, 6) is 0. The zero-order chi connectivity index (χ0) is 9.72. The molecule has 0 radical (unpaired) electrons. The Morgan fingerprint density at radius 2 is 1.83 bits per heavy atom. The quantitative estimate of drug-likeness (QED) is 0.505. The molecule has 0 fully saturated rings. The summed E-state index contributed by atoms with van der Waals surface area (Å²) < 4.78 is 0. The first-order valence-corrected chi connectivity index (χ1v) is 4.63. The van der Waals surface area contributed by atoms with E-state index in [0.29, 0.717) is 6.71 Å². The third-order valence-electron chi connectivity index (χ3n) is 2.04. The largest absolute Gasteiger partial charge is 0.404 e. The summed E-state index contributed by atoms with van der Waals surface area (Å²) in [6.45, 7) is 11.4. The summed E-state index contributed by atoms with van der Waals surface area (Å²) in [5.41, 5.74) is 9.64. The van der Waals surface area contributed by atoms with Crippen LogP contribution >= 0.6 is 0 Å². The van der Waals surface area contributed by atoms with Gasteiger partial charge in [0.1, 0.15) is 0 Å². The molecule has 0 heterocycles. The van der Waals surface area contributed by atoms with E-state index in [-0.39, 0.29) is 0 Å². The van der Waals surface area contributed by atoms with Gasteiger partial charge in [-0.05, 0) is 32.0 Å². The van der Waals surface area contributed by atoms with Gasteiger partial charge in [-0.25, -0.2) is 0 Å². The van der Waals surface area contributed by atoms with Crippen molar-refractivity contribution in [2.45, 2.75) is 40.8 Å². The fraction of sp³-hybridized carbons (Fsp3) is 0.600. The van der Waals surface area contributed by atoms with E-state index < -0.39 is 0 Å². The Balaban J connectivity index is 4.89. The van der Waals surface area contributed by atoms with Gasteiger partial charge in [0.15, 0.2) is 6.71 Å². The Bertz CT molecular complexity index is 198. The standard InChI is InChI=1S/C10H20BN/c1-6-9(7-12)10(8(2)3)11(4)5/h7H,6,12H2,1-5H3/b9-7-. The number of hydrogen-bond acceptors (Lipinski definition) is 1. The molecule has 0 aliphatic rings. The molecule has 1 nitrogen and oxygen atoms in total. The van der Waals surface area contributed by atoms with Gasteiger partial charge in [-0.15, -0.1) is 0 Å². The van der Waals surface area contributed by atoms with Crippen LogP contribution in [0.3, 0.4) is 0 Å². The second kappa shape index (κ2) is 5.07. The number of hydrogen-bond donors (Lipinski definition) is 1. The first kappa shape index (κ1) is 11.3. The summed E-state index contributed by atoms with van der Waals surface area (Å²) in [6, 6.07) is 0. The lowest BCUT2D eigenvalue weighted by Crippen LogP contribution is -2.11. The molecule has 0 atom stereocenters. The predicted molar refractivity (Wildman–Crippen MR) is 58.4 cm³/mol. The van der Waals surface area contributed by atoms with Crippen molar-refractivity contribution >= 4 is 6.71 Å². The lowest BCUT2D eigenvalue weighted by atomic mass is 9.46. The maximum atomic E-state index is 5.56. The molecule has 2 N–H and O–H groups in total. The number of rotatable bonds is 3. The van der Waals surface area contributed by atoms with Crippen molar-refractivity contribution in [3.8, 4) is 0 Å². The first-order chi connectivity index (χ1) is 5.54. The van der Waals surface area contributed by atoms with Gasteiger partial charge in [-0.1, -0.05) is 31.6 Å². The minimum absolute atomic E-state index is 0.574. The van der Waals surface area contributed by atoms with Gasteiger partial charge in [0.25, 0.3) is 0 Å². The average molecular weight is 165 g/mol. The lowest BCUT2D eigenvalue weighted by molar-refractivity contribution is 1.10. The molecule has 0 aliphatic heterocycles. The summed E-state index contributed by atoms with van der Waals surface area (Å²) in [4.78, 5) is 0. The van der Waals surface area contributed by atoms with Gasteiger partial charge >= 0.3 is 0 Å². The second-order valence-corrected chi connectivity index (χ2v) is 3.61. The minimum atomic E-state index is 0.574. The summed E-state index contributed by atoms with van der Waals surface area (Å²) in [7, 11) is 0. The van der Waals surface area contributed by atoms with Crippen molar-refractivity contribution in [3.63, 3.8) is 0 Å². The molecule has 0 aromatic carbocycles. The molecule has 0 unspecified atom stereocenters. The first-order valence-electron chi connectivity index (χ1n) is 4.63.